The third kappa shape index (κ3) is 2.72. The van der Waals surface area contributed by atoms with E-state index >= 15 is 0 Å². The number of benzene rings is 2. The summed E-state index contributed by atoms with van der Waals surface area (Å²) in [6.45, 7) is 0. The number of non-ortho nitro benzene ring substituents is 1. The lowest BCUT2D eigenvalue weighted by atomic mass is 9.85. The summed E-state index contributed by atoms with van der Waals surface area (Å²) in [5.41, 5.74) is 0.157. The van der Waals surface area contributed by atoms with E-state index in [-0.39, 0.29) is 52.5 Å². The largest absolute Gasteiger partial charge is 0.423 e. The van der Waals surface area contributed by atoms with Crippen molar-refractivity contribution in [2.75, 3.05) is 4.90 Å². The molecule has 5 rings (SSSR count). The fraction of sp³-hybridized carbons (Fsp3) is 0.227. The van der Waals surface area contributed by atoms with Gasteiger partial charge in [0.2, 0.25) is 11.8 Å². The van der Waals surface area contributed by atoms with Gasteiger partial charge < -0.3 is 4.74 Å². The van der Waals surface area contributed by atoms with Crippen molar-refractivity contribution in [3.05, 3.63) is 76.4 Å². The maximum absolute atomic E-state index is 12.9. The Bertz CT molecular complexity index is 1110. The van der Waals surface area contributed by atoms with Crippen molar-refractivity contribution in [2.24, 2.45) is 23.7 Å². The number of nitro groups is 1. The smallest absolute Gasteiger partial charge is 0.343 e. The molecule has 2 fully saturated rings. The minimum absolute atomic E-state index is 0.0279. The maximum Gasteiger partial charge on any atom is 0.343 e. The van der Waals surface area contributed by atoms with Gasteiger partial charge in [0.1, 0.15) is 5.75 Å². The lowest BCUT2D eigenvalue weighted by Crippen LogP contribution is -2.32. The van der Waals surface area contributed by atoms with Gasteiger partial charge in [-0.05, 0) is 36.5 Å². The Morgan fingerprint density at radius 3 is 2.33 bits per heavy atom. The van der Waals surface area contributed by atoms with E-state index in [1.165, 1.54) is 35.2 Å². The fourth-order valence-corrected chi connectivity index (χ4v) is 4.76. The monoisotopic (exact) mass is 404 g/mol. The van der Waals surface area contributed by atoms with Crippen LogP contribution in [0.2, 0.25) is 0 Å². The molecule has 0 radical (unpaired) electrons. The SMILES string of the molecule is O=C(Oc1cccc(N2C(=O)[C@H]3[C@H](C2=O)[C@H]2C=C[C@H]3C2)c1)c1cccc([N+](=O)[O-])c1. The molecule has 1 aliphatic heterocycles. The number of nitrogens with zero attached hydrogens (tertiary/aromatic N) is 2. The predicted octanol–water partition coefficient (Wildman–Crippen LogP) is 3.13. The molecule has 0 spiro atoms. The number of carbonyl (C=O) groups is 3. The van der Waals surface area contributed by atoms with E-state index in [1.807, 2.05) is 12.2 Å². The Morgan fingerprint density at radius 1 is 1.00 bits per heavy atom. The van der Waals surface area contributed by atoms with Crippen LogP contribution < -0.4 is 9.64 Å². The number of rotatable bonds is 4. The van der Waals surface area contributed by atoms with Crippen LogP contribution in [0.1, 0.15) is 16.8 Å². The number of amides is 2. The van der Waals surface area contributed by atoms with Crippen molar-refractivity contribution < 1.29 is 24.0 Å². The van der Waals surface area contributed by atoms with Crippen LogP contribution in [0, 0.1) is 33.8 Å². The topological polar surface area (TPSA) is 107 Å². The zero-order valence-corrected chi connectivity index (χ0v) is 15.6. The molecule has 30 heavy (non-hydrogen) atoms. The molecular formula is C22H16N2O6. The molecular weight excluding hydrogens is 388 g/mol. The maximum atomic E-state index is 12.9. The number of allylic oxidation sites excluding steroid dienone is 2. The molecule has 2 bridgehead atoms. The van der Waals surface area contributed by atoms with Crippen molar-refractivity contribution in [1.29, 1.82) is 0 Å². The first-order valence-corrected chi connectivity index (χ1v) is 9.57. The van der Waals surface area contributed by atoms with Crippen molar-refractivity contribution in [2.45, 2.75) is 6.42 Å². The van der Waals surface area contributed by atoms with Crippen LogP contribution in [-0.2, 0) is 9.59 Å². The zero-order chi connectivity index (χ0) is 21.0. The van der Waals surface area contributed by atoms with Crippen LogP contribution in [0.5, 0.6) is 5.75 Å². The van der Waals surface area contributed by atoms with Gasteiger partial charge in [-0.3, -0.25) is 19.7 Å². The number of esters is 1. The first-order chi connectivity index (χ1) is 14.4. The number of ether oxygens (including phenoxy) is 1. The van der Waals surface area contributed by atoms with Crippen LogP contribution in [-0.4, -0.2) is 22.7 Å². The van der Waals surface area contributed by atoms with Gasteiger partial charge in [0.05, 0.1) is 28.0 Å². The summed E-state index contributed by atoms with van der Waals surface area (Å²) in [4.78, 5) is 49.8. The van der Waals surface area contributed by atoms with Crippen LogP contribution in [0.3, 0.4) is 0 Å². The molecule has 2 aromatic rings. The molecule has 4 atom stereocenters. The minimum Gasteiger partial charge on any atom is -0.423 e. The second-order valence-corrected chi connectivity index (χ2v) is 7.71. The van der Waals surface area contributed by atoms with Gasteiger partial charge in [0.15, 0.2) is 0 Å². The number of nitro benzene ring substituents is 1. The number of carbonyl (C=O) groups excluding carboxylic acids is 3. The first kappa shape index (κ1) is 18.2. The van der Waals surface area contributed by atoms with Crippen LogP contribution in [0.4, 0.5) is 11.4 Å². The van der Waals surface area contributed by atoms with E-state index in [1.54, 1.807) is 12.1 Å². The number of hydrogen-bond acceptors (Lipinski definition) is 6. The van der Waals surface area contributed by atoms with Crippen LogP contribution in [0.15, 0.2) is 60.7 Å². The lowest BCUT2D eigenvalue weighted by molar-refractivity contribution is -0.384. The summed E-state index contributed by atoms with van der Waals surface area (Å²) < 4.78 is 5.33. The molecule has 3 aliphatic rings. The quantitative estimate of drug-likeness (QED) is 0.194. The second-order valence-electron chi connectivity index (χ2n) is 7.71. The molecule has 8 heteroatoms. The minimum atomic E-state index is -0.769. The average Bonchev–Trinajstić information content (AvgIpc) is 3.42. The van der Waals surface area contributed by atoms with E-state index in [2.05, 4.69) is 0 Å². The second kappa shape index (κ2) is 6.62. The standard InChI is InChI=1S/C22H16N2O6/c25-20-18-12-7-8-13(9-12)19(18)21(26)23(20)15-4-2-6-17(11-15)30-22(27)14-3-1-5-16(10-14)24(28)29/h1-8,10-13,18-19H,9H2/t12-,13-,18+,19+/m0/s1. The summed E-state index contributed by atoms with van der Waals surface area (Å²) in [5.74, 6) is -1.48. The van der Waals surface area contributed by atoms with Gasteiger partial charge in [-0.2, -0.15) is 0 Å². The highest BCUT2D eigenvalue weighted by atomic mass is 16.6. The molecule has 2 amide bonds. The molecule has 150 valence electrons. The molecule has 0 N–H and O–H groups in total. The summed E-state index contributed by atoms with van der Waals surface area (Å²) in [6.07, 6.45) is 4.90. The Hall–Kier alpha value is -3.81. The van der Waals surface area contributed by atoms with Gasteiger partial charge in [-0.25, -0.2) is 9.69 Å². The van der Waals surface area contributed by atoms with Crippen molar-refractivity contribution >= 4 is 29.2 Å². The molecule has 2 aliphatic carbocycles. The number of imide groups is 1. The summed E-state index contributed by atoms with van der Waals surface area (Å²) >= 11 is 0. The van der Waals surface area contributed by atoms with Crippen molar-refractivity contribution in [1.82, 2.24) is 0 Å². The van der Waals surface area contributed by atoms with Gasteiger partial charge in [0, 0.05) is 18.2 Å². The third-order valence-electron chi connectivity index (χ3n) is 6.05. The van der Waals surface area contributed by atoms with Crippen molar-refractivity contribution in [3.8, 4) is 5.75 Å². The van der Waals surface area contributed by atoms with E-state index in [4.69, 9.17) is 4.74 Å². The molecule has 8 nitrogen and oxygen atoms in total. The normalized spacial score (nSPS) is 26.2. The Kier molecular flexibility index (Phi) is 4.02. The molecule has 1 saturated carbocycles. The summed E-state index contributed by atoms with van der Waals surface area (Å²) in [6, 6.07) is 11.4. The summed E-state index contributed by atoms with van der Waals surface area (Å²) in [5, 5.41) is 10.9. The van der Waals surface area contributed by atoms with E-state index in [0.29, 0.717) is 5.69 Å². The van der Waals surface area contributed by atoms with E-state index in [0.717, 1.165) is 12.5 Å². The molecule has 1 saturated heterocycles. The Balaban J connectivity index is 1.38. The van der Waals surface area contributed by atoms with Crippen LogP contribution in [0.25, 0.3) is 0 Å². The Morgan fingerprint density at radius 2 is 1.67 bits per heavy atom. The van der Waals surface area contributed by atoms with Gasteiger partial charge >= 0.3 is 5.97 Å². The van der Waals surface area contributed by atoms with E-state index in [9.17, 15) is 24.5 Å². The highest BCUT2D eigenvalue weighted by Crippen LogP contribution is 2.53. The average molecular weight is 404 g/mol. The number of anilines is 1. The van der Waals surface area contributed by atoms with Crippen LogP contribution >= 0.6 is 0 Å². The van der Waals surface area contributed by atoms with E-state index < -0.39 is 10.9 Å². The molecule has 1 heterocycles. The predicted molar refractivity (Wildman–Crippen MR) is 105 cm³/mol. The lowest BCUT2D eigenvalue weighted by Gasteiger charge is -2.18. The Labute approximate surface area is 170 Å². The first-order valence-electron chi connectivity index (χ1n) is 9.57. The zero-order valence-electron chi connectivity index (χ0n) is 15.6. The highest BCUT2D eigenvalue weighted by molar-refractivity contribution is 6.22. The highest BCUT2D eigenvalue weighted by Gasteiger charge is 2.59. The molecule has 0 unspecified atom stereocenters. The third-order valence-corrected chi connectivity index (χ3v) is 6.05. The fourth-order valence-electron chi connectivity index (χ4n) is 4.76. The molecule has 2 aromatic carbocycles. The number of fused-ring (bicyclic) bond motifs is 5. The van der Waals surface area contributed by atoms with Gasteiger partial charge in [-0.15, -0.1) is 0 Å². The van der Waals surface area contributed by atoms with Crippen molar-refractivity contribution in [3.63, 3.8) is 0 Å². The van der Waals surface area contributed by atoms with Gasteiger partial charge in [-0.1, -0.05) is 24.3 Å². The summed E-state index contributed by atoms with van der Waals surface area (Å²) in [7, 11) is 0. The molecule has 0 aromatic heterocycles. The number of hydrogen-bond donors (Lipinski definition) is 0. The van der Waals surface area contributed by atoms with Gasteiger partial charge in [0.25, 0.3) is 5.69 Å².